The van der Waals surface area contributed by atoms with Gasteiger partial charge in [-0.25, -0.2) is 4.98 Å². The van der Waals surface area contributed by atoms with Crippen LogP contribution in [0, 0.1) is 6.92 Å². The molecule has 0 spiro atoms. The molecule has 2 N–H and O–H groups in total. The van der Waals surface area contributed by atoms with Gasteiger partial charge in [-0.3, -0.25) is 4.79 Å². The standard InChI is InChI=1S/C18H16N2O3S/c1-3-12-9(2)6-11-15(19)17(24-18(11)20-12)16(21)10-4-5-13-14(7-10)23-8-22-13/h4-7H,3,8,19H2,1-2H3. The highest BCUT2D eigenvalue weighted by Gasteiger charge is 2.22. The van der Waals surface area contributed by atoms with Crippen molar-refractivity contribution in [3.05, 3.63) is 46.0 Å². The predicted octanol–water partition coefficient (Wildman–Crippen LogP) is 3.71. The Morgan fingerprint density at radius 3 is 2.88 bits per heavy atom. The highest BCUT2D eigenvalue weighted by atomic mass is 32.1. The molecular formula is C18H16N2O3S. The summed E-state index contributed by atoms with van der Waals surface area (Å²) in [6, 6.07) is 7.19. The Morgan fingerprint density at radius 1 is 1.29 bits per heavy atom. The summed E-state index contributed by atoms with van der Waals surface area (Å²) in [4.78, 5) is 18.9. The van der Waals surface area contributed by atoms with Crippen LogP contribution in [0.4, 0.5) is 5.69 Å². The highest BCUT2D eigenvalue weighted by Crippen LogP contribution is 2.37. The van der Waals surface area contributed by atoms with E-state index in [-0.39, 0.29) is 12.6 Å². The molecule has 6 heteroatoms. The van der Waals surface area contributed by atoms with E-state index in [9.17, 15) is 4.79 Å². The van der Waals surface area contributed by atoms with Gasteiger partial charge in [0, 0.05) is 16.6 Å². The molecule has 0 radical (unpaired) electrons. The third-order valence-corrected chi connectivity index (χ3v) is 5.31. The summed E-state index contributed by atoms with van der Waals surface area (Å²) in [5, 5.41) is 0.846. The second-order valence-corrected chi connectivity index (χ2v) is 6.70. The lowest BCUT2D eigenvalue weighted by Crippen LogP contribution is -2.02. The van der Waals surface area contributed by atoms with Gasteiger partial charge in [-0.15, -0.1) is 11.3 Å². The van der Waals surface area contributed by atoms with Crippen molar-refractivity contribution in [2.45, 2.75) is 20.3 Å². The van der Waals surface area contributed by atoms with E-state index < -0.39 is 0 Å². The minimum atomic E-state index is -0.121. The number of ether oxygens (including phenoxy) is 2. The van der Waals surface area contributed by atoms with Crippen molar-refractivity contribution in [1.82, 2.24) is 4.98 Å². The topological polar surface area (TPSA) is 74.4 Å². The van der Waals surface area contributed by atoms with Crippen LogP contribution >= 0.6 is 11.3 Å². The number of rotatable bonds is 3. The number of anilines is 1. The second-order valence-electron chi connectivity index (χ2n) is 5.70. The van der Waals surface area contributed by atoms with E-state index in [4.69, 9.17) is 15.2 Å². The SMILES string of the molecule is CCc1nc2sc(C(=O)c3ccc4c(c3)OCO4)c(N)c2cc1C. The molecule has 5 nitrogen and oxygen atoms in total. The van der Waals surface area contributed by atoms with Crippen LogP contribution in [0.15, 0.2) is 24.3 Å². The van der Waals surface area contributed by atoms with Crippen molar-refractivity contribution in [3.8, 4) is 11.5 Å². The molecule has 4 rings (SSSR count). The first kappa shape index (κ1) is 15.0. The molecule has 0 bridgehead atoms. The van der Waals surface area contributed by atoms with Crippen LogP contribution in [0.3, 0.4) is 0 Å². The molecule has 24 heavy (non-hydrogen) atoms. The lowest BCUT2D eigenvalue weighted by atomic mass is 10.1. The largest absolute Gasteiger partial charge is 0.454 e. The van der Waals surface area contributed by atoms with Crippen LogP contribution in [0.1, 0.15) is 33.4 Å². The summed E-state index contributed by atoms with van der Waals surface area (Å²) in [7, 11) is 0. The van der Waals surface area contributed by atoms with E-state index in [1.165, 1.54) is 11.3 Å². The number of benzene rings is 1. The van der Waals surface area contributed by atoms with E-state index >= 15 is 0 Å². The molecular weight excluding hydrogens is 324 g/mol. The lowest BCUT2D eigenvalue weighted by molar-refractivity contribution is 0.104. The van der Waals surface area contributed by atoms with Crippen LogP contribution in [0.2, 0.25) is 0 Å². The molecule has 0 aliphatic carbocycles. The molecule has 0 saturated carbocycles. The Morgan fingerprint density at radius 2 is 2.08 bits per heavy atom. The van der Waals surface area contributed by atoms with E-state index in [0.717, 1.165) is 27.9 Å². The maximum Gasteiger partial charge on any atom is 0.231 e. The summed E-state index contributed by atoms with van der Waals surface area (Å²) in [5.74, 6) is 1.12. The number of carbonyl (C=O) groups is 1. The van der Waals surface area contributed by atoms with E-state index in [0.29, 0.717) is 27.6 Å². The molecule has 1 aliphatic heterocycles. The minimum absolute atomic E-state index is 0.121. The Bertz CT molecular complexity index is 978. The number of thiophene rings is 1. The molecule has 1 aliphatic rings. The molecule has 0 saturated heterocycles. The predicted molar refractivity (Wildman–Crippen MR) is 94.1 cm³/mol. The van der Waals surface area contributed by atoms with E-state index in [2.05, 4.69) is 11.9 Å². The highest BCUT2D eigenvalue weighted by molar-refractivity contribution is 7.21. The minimum Gasteiger partial charge on any atom is -0.454 e. The van der Waals surface area contributed by atoms with Gasteiger partial charge in [0.15, 0.2) is 11.5 Å². The molecule has 2 aromatic heterocycles. The molecule has 1 aromatic carbocycles. The van der Waals surface area contributed by atoms with Gasteiger partial charge >= 0.3 is 0 Å². The van der Waals surface area contributed by atoms with Gasteiger partial charge in [-0.1, -0.05) is 6.92 Å². The third-order valence-electron chi connectivity index (χ3n) is 4.19. The van der Waals surface area contributed by atoms with Crippen molar-refractivity contribution in [1.29, 1.82) is 0 Å². The summed E-state index contributed by atoms with van der Waals surface area (Å²) in [6.07, 6.45) is 0.852. The fourth-order valence-corrected chi connectivity index (χ4v) is 3.93. The van der Waals surface area contributed by atoms with Crippen molar-refractivity contribution in [2.24, 2.45) is 0 Å². The smallest absolute Gasteiger partial charge is 0.231 e. The average molecular weight is 340 g/mol. The van der Waals surface area contributed by atoms with Gasteiger partial charge in [0.05, 0.1) is 5.69 Å². The van der Waals surface area contributed by atoms with Crippen molar-refractivity contribution in [3.63, 3.8) is 0 Å². The number of fused-ring (bicyclic) bond motifs is 2. The Balaban J connectivity index is 1.81. The molecule has 3 heterocycles. The summed E-state index contributed by atoms with van der Waals surface area (Å²) in [6.45, 7) is 4.26. The quantitative estimate of drug-likeness (QED) is 0.736. The molecule has 0 unspecified atom stereocenters. The number of pyridine rings is 1. The number of nitrogens with two attached hydrogens (primary N) is 1. The Kier molecular flexibility index (Phi) is 3.42. The number of aromatic nitrogens is 1. The van der Waals surface area contributed by atoms with Gasteiger partial charge in [0.2, 0.25) is 12.6 Å². The van der Waals surface area contributed by atoms with Gasteiger partial charge in [-0.05, 0) is 43.2 Å². The molecule has 0 amide bonds. The maximum atomic E-state index is 12.9. The van der Waals surface area contributed by atoms with Crippen LogP contribution in [0.25, 0.3) is 10.2 Å². The first-order valence-electron chi connectivity index (χ1n) is 7.71. The normalized spacial score (nSPS) is 12.8. The lowest BCUT2D eigenvalue weighted by Gasteiger charge is -2.02. The van der Waals surface area contributed by atoms with Gasteiger partial charge in [-0.2, -0.15) is 0 Å². The molecule has 3 aromatic rings. The van der Waals surface area contributed by atoms with Gasteiger partial charge in [0.1, 0.15) is 9.71 Å². The van der Waals surface area contributed by atoms with Crippen molar-refractivity contribution >= 4 is 33.0 Å². The maximum absolute atomic E-state index is 12.9. The van der Waals surface area contributed by atoms with E-state index in [1.807, 2.05) is 13.0 Å². The zero-order chi connectivity index (χ0) is 16.8. The van der Waals surface area contributed by atoms with Crippen LogP contribution in [-0.4, -0.2) is 17.6 Å². The van der Waals surface area contributed by atoms with Crippen LogP contribution in [-0.2, 0) is 6.42 Å². The third kappa shape index (κ3) is 2.22. The van der Waals surface area contributed by atoms with Gasteiger partial charge in [0.25, 0.3) is 0 Å². The number of hydrogen-bond acceptors (Lipinski definition) is 6. The first-order chi connectivity index (χ1) is 11.6. The number of hydrogen-bond donors (Lipinski definition) is 1. The number of ketones is 1. The number of nitrogens with zero attached hydrogens (tertiary/aromatic N) is 1. The second kappa shape index (κ2) is 5.49. The van der Waals surface area contributed by atoms with E-state index in [1.54, 1.807) is 18.2 Å². The average Bonchev–Trinajstić information content (AvgIpc) is 3.18. The van der Waals surface area contributed by atoms with Gasteiger partial charge < -0.3 is 15.2 Å². The molecule has 0 atom stereocenters. The van der Waals surface area contributed by atoms with Crippen LogP contribution in [0.5, 0.6) is 11.5 Å². The summed E-state index contributed by atoms with van der Waals surface area (Å²) < 4.78 is 10.6. The zero-order valence-corrected chi connectivity index (χ0v) is 14.2. The fraction of sp³-hybridized carbons (Fsp3) is 0.222. The first-order valence-corrected chi connectivity index (χ1v) is 8.53. The monoisotopic (exact) mass is 340 g/mol. The Hall–Kier alpha value is -2.60. The number of aryl methyl sites for hydroxylation is 2. The number of carbonyl (C=O) groups excluding carboxylic acids is 1. The van der Waals surface area contributed by atoms with Crippen molar-refractivity contribution < 1.29 is 14.3 Å². The zero-order valence-electron chi connectivity index (χ0n) is 13.4. The van der Waals surface area contributed by atoms with Crippen molar-refractivity contribution in [2.75, 3.05) is 12.5 Å². The fourth-order valence-electron chi connectivity index (χ4n) is 2.87. The Labute approximate surface area is 143 Å². The summed E-state index contributed by atoms with van der Waals surface area (Å²) in [5.41, 5.74) is 9.40. The molecule has 122 valence electrons. The number of nitrogen functional groups attached to an aromatic ring is 1. The van der Waals surface area contributed by atoms with Crippen LogP contribution < -0.4 is 15.2 Å². The summed E-state index contributed by atoms with van der Waals surface area (Å²) >= 11 is 1.34. The molecule has 0 fully saturated rings.